The minimum absolute atomic E-state index is 0.392. The van der Waals surface area contributed by atoms with Crippen LogP contribution in [0.25, 0.3) is 0 Å². The Bertz CT molecular complexity index is 610. The Morgan fingerprint density at radius 1 is 0.931 bits per heavy atom. The van der Waals surface area contributed by atoms with Crippen molar-refractivity contribution in [1.82, 2.24) is 14.7 Å². The van der Waals surface area contributed by atoms with Gasteiger partial charge in [-0.3, -0.25) is 4.90 Å². The van der Waals surface area contributed by atoms with Crippen LogP contribution in [0.4, 0.5) is 0 Å². The molecule has 0 aromatic heterocycles. The van der Waals surface area contributed by atoms with Crippen LogP contribution in [0.2, 0.25) is 0 Å². The molecule has 1 aliphatic carbocycles. The van der Waals surface area contributed by atoms with Gasteiger partial charge in [-0.1, -0.05) is 31.4 Å². The monoisotopic (exact) mass is 399 g/mol. The fourth-order valence-electron chi connectivity index (χ4n) is 5.83. The van der Waals surface area contributed by atoms with Gasteiger partial charge in [-0.2, -0.15) is 0 Å². The molecule has 1 saturated carbocycles. The summed E-state index contributed by atoms with van der Waals surface area (Å²) in [6.07, 6.45) is 12.6. The first kappa shape index (κ1) is 21.1. The van der Waals surface area contributed by atoms with Crippen LogP contribution in [0.3, 0.4) is 0 Å². The number of rotatable bonds is 8. The largest absolute Gasteiger partial charge is 0.508 e. The molecule has 2 saturated heterocycles. The van der Waals surface area contributed by atoms with E-state index in [1.165, 1.54) is 103 Å². The van der Waals surface area contributed by atoms with Crippen LogP contribution in [0.1, 0.15) is 63.4 Å². The maximum absolute atomic E-state index is 9.90. The predicted octanol–water partition coefficient (Wildman–Crippen LogP) is 4.33. The molecule has 4 rings (SSSR count). The number of aromatic hydroxyl groups is 1. The van der Waals surface area contributed by atoms with Crippen LogP contribution in [-0.4, -0.2) is 71.7 Å². The van der Waals surface area contributed by atoms with Crippen LogP contribution >= 0.6 is 0 Å². The van der Waals surface area contributed by atoms with E-state index in [1.807, 2.05) is 12.1 Å². The molecular weight excluding hydrogens is 358 g/mol. The Balaban J connectivity index is 1.35. The van der Waals surface area contributed by atoms with E-state index >= 15 is 0 Å². The molecule has 4 heteroatoms. The molecule has 3 aliphatic rings. The first-order chi connectivity index (χ1) is 14.3. The van der Waals surface area contributed by atoms with Gasteiger partial charge >= 0.3 is 0 Å². The molecular formula is C25H41N3O. The van der Waals surface area contributed by atoms with Gasteiger partial charge in [0.15, 0.2) is 0 Å². The highest BCUT2D eigenvalue weighted by atomic mass is 16.3. The van der Waals surface area contributed by atoms with E-state index < -0.39 is 0 Å². The number of nitrogens with zero attached hydrogens (tertiary/aromatic N) is 3. The Kier molecular flexibility index (Phi) is 7.87. The van der Waals surface area contributed by atoms with E-state index in [0.29, 0.717) is 5.75 Å². The first-order valence-corrected chi connectivity index (χ1v) is 12.2. The van der Waals surface area contributed by atoms with E-state index in [0.717, 1.165) is 25.0 Å². The Morgan fingerprint density at radius 3 is 2.55 bits per heavy atom. The molecule has 4 nitrogen and oxygen atoms in total. The molecule has 0 radical (unpaired) electrons. The molecule has 0 amide bonds. The molecule has 0 bridgehead atoms. The van der Waals surface area contributed by atoms with Crippen molar-refractivity contribution >= 4 is 0 Å². The van der Waals surface area contributed by atoms with Crippen molar-refractivity contribution < 1.29 is 5.11 Å². The van der Waals surface area contributed by atoms with Crippen LogP contribution in [0.5, 0.6) is 5.75 Å². The molecule has 1 aromatic carbocycles. The van der Waals surface area contributed by atoms with E-state index in [-0.39, 0.29) is 0 Å². The maximum Gasteiger partial charge on any atom is 0.115 e. The summed E-state index contributed by atoms with van der Waals surface area (Å²) in [5, 5.41) is 9.90. The third-order valence-corrected chi connectivity index (χ3v) is 7.41. The third-order valence-electron chi connectivity index (χ3n) is 7.41. The Morgan fingerprint density at radius 2 is 1.76 bits per heavy atom. The molecule has 1 N–H and O–H groups in total. The van der Waals surface area contributed by atoms with Crippen molar-refractivity contribution in [1.29, 1.82) is 0 Å². The number of hydrogen-bond donors (Lipinski definition) is 1. The highest BCUT2D eigenvalue weighted by molar-refractivity contribution is 5.27. The van der Waals surface area contributed by atoms with Gasteiger partial charge in [0, 0.05) is 38.8 Å². The fraction of sp³-hybridized carbons (Fsp3) is 0.760. The highest BCUT2D eigenvalue weighted by Crippen LogP contribution is 2.28. The molecule has 1 unspecified atom stereocenters. The highest BCUT2D eigenvalue weighted by Gasteiger charge is 2.28. The molecule has 2 aliphatic heterocycles. The second-order valence-electron chi connectivity index (χ2n) is 9.75. The summed E-state index contributed by atoms with van der Waals surface area (Å²) in [5.41, 5.74) is 1.24. The van der Waals surface area contributed by atoms with E-state index in [9.17, 15) is 5.11 Å². The first-order valence-electron chi connectivity index (χ1n) is 12.2. The fourth-order valence-corrected chi connectivity index (χ4v) is 5.83. The SMILES string of the molecule is Oc1cccc(CN(CCN2CCCCC2)CC2CCCN(C3CCCC3)C2)c1. The lowest BCUT2D eigenvalue weighted by Crippen LogP contribution is -2.46. The topological polar surface area (TPSA) is 30.0 Å². The summed E-state index contributed by atoms with van der Waals surface area (Å²) in [6, 6.07) is 8.74. The van der Waals surface area contributed by atoms with Crippen molar-refractivity contribution in [2.24, 2.45) is 5.92 Å². The quantitative estimate of drug-likeness (QED) is 0.704. The third kappa shape index (κ3) is 6.44. The number of phenols is 1. The zero-order chi connectivity index (χ0) is 19.9. The molecule has 0 spiro atoms. The molecule has 1 aromatic rings. The number of hydrogen-bond acceptors (Lipinski definition) is 4. The van der Waals surface area contributed by atoms with Crippen LogP contribution < -0.4 is 0 Å². The Hall–Kier alpha value is -1.10. The molecule has 162 valence electrons. The summed E-state index contributed by atoms with van der Waals surface area (Å²) in [6.45, 7) is 9.67. The summed E-state index contributed by atoms with van der Waals surface area (Å²) in [4.78, 5) is 8.15. The number of piperidine rings is 2. The van der Waals surface area contributed by atoms with Crippen molar-refractivity contribution in [2.45, 2.75) is 70.4 Å². The van der Waals surface area contributed by atoms with Crippen LogP contribution in [0, 0.1) is 5.92 Å². The number of likely N-dealkylation sites (tertiary alicyclic amines) is 2. The lowest BCUT2D eigenvalue weighted by atomic mass is 9.95. The van der Waals surface area contributed by atoms with Crippen molar-refractivity contribution in [3.63, 3.8) is 0 Å². The number of phenolic OH excluding ortho intramolecular Hbond substituents is 1. The summed E-state index contributed by atoms with van der Waals surface area (Å²) in [5.74, 6) is 1.19. The lowest BCUT2D eigenvalue weighted by molar-refractivity contribution is 0.0912. The minimum Gasteiger partial charge on any atom is -0.508 e. The standard InChI is InChI=1S/C25H41N3O/c29-25-12-6-8-22(18-25)19-27(17-16-26-13-4-1-5-14-26)20-23-9-7-15-28(21-23)24-10-2-3-11-24/h6,8,12,18,23-24,29H,1-5,7,9-11,13-17,19-21H2. The average Bonchev–Trinajstić information content (AvgIpc) is 3.28. The summed E-state index contributed by atoms with van der Waals surface area (Å²) in [7, 11) is 0. The van der Waals surface area contributed by atoms with Gasteiger partial charge in [-0.25, -0.2) is 0 Å². The average molecular weight is 400 g/mol. The Labute approximate surface area is 177 Å². The van der Waals surface area contributed by atoms with Crippen molar-refractivity contribution in [3.8, 4) is 5.75 Å². The summed E-state index contributed by atoms with van der Waals surface area (Å²) < 4.78 is 0. The van der Waals surface area contributed by atoms with Crippen molar-refractivity contribution in [2.75, 3.05) is 45.8 Å². The predicted molar refractivity (Wildman–Crippen MR) is 120 cm³/mol. The van der Waals surface area contributed by atoms with E-state index in [1.54, 1.807) is 6.07 Å². The molecule has 2 heterocycles. The van der Waals surface area contributed by atoms with Gasteiger partial charge in [-0.05, 0) is 81.8 Å². The van der Waals surface area contributed by atoms with Gasteiger partial charge < -0.3 is 14.9 Å². The normalized spacial score (nSPS) is 25.1. The van der Waals surface area contributed by atoms with E-state index in [2.05, 4.69) is 20.8 Å². The van der Waals surface area contributed by atoms with Crippen LogP contribution in [0.15, 0.2) is 24.3 Å². The van der Waals surface area contributed by atoms with E-state index in [4.69, 9.17) is 0 Å². The molecule has 3 fully saturated rings. The van der Waals surface area contributed by atoms with Gasteiger partial charge in [-0.15, -0.1) is 0 Å². The summed E-state index contributed by atoms with van der Waals surface area (Å²) >= 11 is 0. The second kappa shape index (κ2) is 10.8. The van der Waals surface area contributed by atoms with Gasteiger partial charge in [0.1, 0.15) is 5.75 Å². The van der Waals surface area contributed by atoms with Crippen molar-refractivity contribution in [3.05, 3.63) is 29.8 Å². The second-order valence-corrected chi connectivity index (χ2v) is 9.75. The lowest BCUT2D eigenvalue weighted by Gasteiger charge is -2.39. The van der Waals surface area contributed by atoms with Gasteiger partial charge in [0.25, 0.3) is 0 Å². The minimum atomic E-state index is 0.392. The van der Waals surface area contributed by atoms with Crippen LogP contribution in [-0.2, 0) is 6.54 Å². The zero-order valence-corrected chi connectivity index (χ0v) is 18.3. The van der Waals surface area contributed by atoms with Gasteiger partial charge in [0.2, 0.25) is 0 Å². The zero-order valence-electron chi connectivity index (χ0n) is 18.3. The molecule has 29 heavy (non-hydrogen) atoms. The smallest absolute Gasteiger partial charge is 0.115 e. The molecule has 1 atom stereocenters. The number of benzene rings is 1. The maximum atomic E-state index is 9.90. The van der Waals surface area contributed by atoms with Gasteiger partial charge in [0.05, 0.1) is 0 Å².